The lowest BCUT2D eigenvalue weighted by molar-refractivity contribution is -0.0123. The number of carbonyl (C=O) groups is 1. The molecule has 0 radical (unpaired) electrons. The van der Waals surface area contributed by atoms with Gasteiger partial charge < -0.3 is 28.4 Å². The number of hydrogen-bond donors (Lipinski definition) is 0. The van der Waals surface area contributed by atoms with E-state index in [4.69, 9.17) is 28.4 Å². The molecule has 0 fully saturated rings. The average Bonchev–Trinajstić information content (AvgIpc) is 3.06. The largest absolute Gasteiger partial charge is 0.519 e. The molecule has 4 rings (SSSR count). The molecule has 7 heteroatoms. The van der Waals surface area contributed by atoms with E-state index in [0.717, 1.165) is 35.1 Å². The number of rotatable bonds is 18. The minimum Gasteiger partial charge on any atom is -0.395 e. The molecule has 0 aliphatic carbocycles. The summed E-state index contributed by atoms with van der Waals surface area (Å²) in [7, 11) is 0. The van der Waals surface area contributed by atoms with Crippen molar-refractivity contribution >= 4 is 6.16 Å². The summed E-state index contributed by atoms with van der Waals surface area (Å²) in [6.07, 6.45) is 0.504. The molecule has 4 aromatic carbocycles. The van der Waals surface area contributed by atoms with E-state index in [1.165, 1.54) is 0 Å². The molecule has 2 atom stereocenters. The van der Waals surface area contributed by atoms with Crippen LogP contribution in [0.2, 0.25) is 0 Å². The van der Waals surface area contributed by atoms with Crippen molar-refractivity contribution in [2.24, 2.45) is 0 Å². The van der Waals surface area contributed by atoms with E-state index in [0.29, 0.717) is 51.1 Å². The third-order valence-corrected chi connectivity index (χ3v) is 6.94. The highest BCUT2D eigenvalue weighted by Crippen LogP contribution is 2.20. The smallest absolute Gasteiger partial charge is 0.395 e. The monoisotopic (exact) mass is 598 g/mol. The molecular formula is C37H42O7. The van der Waals surface area contributed by atoms with Crippen molar-refractivity contribution in [3.05, 3.63) is 131 Å². The van der Waals surface area contributed by atoms with Crippen LogP contribution in [0.25, 0.3) is 0 Å². The molecule has 0 bridgehead atoms. The number of ether oxygens (including phenoxy) is 6. The van der Waals surface area contributed by atoms with Gasteiger partial charge in [0.05, 0.1) is 26.4 Å². The lowest BCUT2D eigenvalue weighted by atomic mass is 10.1. The maximum Gasteiger partial charge on any atom is 0.519 e. The second-order valence-electron chi connectivity index (χ2n) is 10.1. The average molecular weight is 599 g/mol. The van der Waals surface area contributed by atoms with E-state index in [9.17, 15) is 4.79 Å². The Morgan fingerprint density at radius 1 is 0.545 bits per heavy atom. The Morgan fingerprint density at radius 2 is 0.932 bits per heavy atom. The van der Waals surface area contributed by atoms with Gasteiger partial charge in [0, 0.05) is 13.2 Å². The Labute approximate surface area is 260 Å². The predicted octanol–water partition coefficient (Wildman–Crippen LogP) is 7.94. The Bertz CT molecular complexity index is 1240. The molecule has 0 amide bonds. The second-order valence-corrected chi connectivity index (χ2v) is 10.1. The molecule has 0 saturated heterocycles. The van der Waals surface area contributed by atoms with E-state index in [-0.39, 0.29) is 12.2 Å². The molecule has 0 spiro atoms. The summed E-state index contributed by atoms with van der Waals surface area (Å²) in [4.78, 5) is 12.3. The topological polar surface area (TPSA) is 72.5 Å². The summed E-state index contributed by atoms with van der Waals surface area (Å²) in [5.41, 5.74) is 4.36. The van der Waals surface area contributed by atoms with Gasteiger partial charge in [0.15, 0.2) is 0 Å². The zero-order valence-electron chi connectivity index (χ0n) is 25.6. The minimum absolute atomic E-state index is 0.0858. The first kappa shape index (κ1) is 32.9. The van der Waals surface area contributed by atoms with E-state index >= 15 is 0 Å². The van der Waals surface area contributed by atoms with Gasteiger partial charge in [-0.05, 0) is 73.2 Å². The fourth-order valence-electron chi connectivity index (χ4n) is 4.64. The Balaban J connectivity index is 1.13. The van der Waals surface area contributed by atoms with Crippen LogP contribution >= 0.6 is 0 Å². The first-order valence-electron chi connectivity index (χ1n) is 15.2. The van der Waals surface area contributed by atoms with Gasteiger partial charge in [0.1, 0.15) is 23.7 Å². The summed E-state index contributed by atoms with van der Waals surface area (Å²) in [6.45, 7) is 7.31. The standard InChI is InChI=1S/C37H42O7/c1-3-41-35(31-11-7-5-8-12-31)27-39-25-23-29-15-19-33(20-16-29)43-37(38)44-34-21-17-30(18-22-34)24-26-40-28-36(42-4-2)32-13-9-6-10-14-32/h5-22,35-36H,3-4,23-28H2,1-2H3. The molecule has 7 nitrogen and oxygen atoms in total. The van der Waals surface area contributed by atoms with Crippen LogP contribution in [0.15, 0.2) is 109 Å². The third-order valence-electron chi connectivity index (χ3n) is 6.94. The number of hydrogen-bond acceptors (Lipinski definition) is 7. The van der Waals surface area contributed by atoms with Crippen LogP contribution in [0.3, 0.4) is 0 Å². The van der Waals surface area contributed by atoms with Gasteiger partial charge in [-0.3, -0.25) is 0 Å². The highest BCUT2D eigenvalue weighted by molar-refractivity contribution is 5.67. The van der Waals surface area contributed by atoms with E-state index in [2.05, 4.69) is 0 Å². The highest BCUT2D eigenvalue weighted by atomic mass is 16.7. The maximum absolute atomic E-state index is 12.3. The van der Waals surface area contributed by atoms with Crippen LogP contribution < -0.4 is 9.47 Å². The number of benzene rings is 4. The van der Waals surface area contributed by atoms with Crippen LogP contribution in [0.4, 0.5) is 4.79 Å². The number of carbonyl (C=O) groups excluding carboxylic acids is 1. The molecule has 44 heavy (non-hydrogen) atoms. The van der Waals surface area contributed by atoms with Crippen LogP contribution in [-0.4, -0.2) is 45.8 Å². The summed E-state index contributed by atoms with van der Waals surface area (Å²) in [5, 5.41) is 0. The maximum atomic E-state index is 12.3. The van der Waals surface area contributed by atoms with Crippen molar-refractivity contribution in [1.29, 1.82) is 0 Å². The first-order chi connectivity index (χ1) is 21.6. The van der Waals surface area contributed by atoms with Crippen molar-refractivity contribution < 1.29 is 33.2 Å². The fraction of sp³-hybridized carbons (Fsp3) is 0.324. The van der Waals surface area contributed by atoms with E-state index < -0.39 is 6.16 Å². The van der Waals surface area contributed by atoms with Crippen molar-refractivity contribution in [2.75, 3.05) is 39.6 Å². The normalized spacial score (nSPS) is 12.4. The molecular weight excluding hydrogens is 556 g/mol. The molecule has 0 aliphatic rings. The van der Waals surface area contributed by atoms with Gasteiger partial charge in [-0.1, -0.05) is 84.9 Å². The van der Waals surface area contributed by atoms with Gasteiger partial charge >= 0.3 is 6.16 Å². The van der Waals surface area contributed by atoms with E-state index in [1.807, 2.05) is 98.8 Å². The zero-order valence-corrected chi connectivity index (χ0v) is 25.6. The van der Waals surface area contributed by atoms with Crippen LogP contribution in [-0.2, 0) is 31.8 Å². The Hall–Kier alpha value is -4.01. The molecule has 0 aromatic heterocycles. The molecule has 0 saturated carbocycles. The van der Waals surface area contributed by atoms with Crippen LogP contribution in [0.5, 0.6) is 11.5 Å². The van der Waals surface area contributed by atoms with Gasteiger partial charge in [-0.25, -0.2) is 4.79 Å². The quantitative estimate of drug-likeness (QED) is 0.0654. The highest BCUT2D eigenvalue weighted by Gasteiger charge is 2.13. The molecule has 0 heterocycles. The summed E-state index contributed by atoms with van der Waals surface area (Å²) in [5.74, 6) is 0.824. The van der Waals surface area contributed by atoms with Crippen molar-refractivity contribution in [3.63, 3.8) is 0 Å². The Kier molecular flexibility index (Phi) is 13.9. The molecule has 0 N–H and O–H groups in total. The third kappa shape index (κ3) is 11.2. The molecule has 4 aromatic rings. The fourth-order valence-corrected chi connectivity index (χ4v) is 4.64. The van der Waals surface area contributed by atoms with Gasteiger partial charge in [-0.2, -0.15) is 0 Å². The molecule has 0 aliphatic heterocycles. The lowest BCUT2D eigenvalue weighted by Gasteiger charge is -2.17. The molecule has 2 unspecified atom stereocenters. The van der Waals surface area contributed by atoms with Gasteiger partial charge in [-0.15, -0.1) is 0 Å². The zero-order chi connectivity index (χ0) is 30.8. The Morgan fingerprint density at radius 3 is 1.30 bits per heavy atom. The SMILES string of the molecule is CCOC(COCCc1ccc(OC(=O)Oc2ccc(CCOCC(OCC)c3ccccc3)cc2)cc1)c1ccccc1. The summed E-state index contributed by atoms with van der Waals surface area (Å²) < 4.78 is 34.2. The van der Waals surface area contributed by atoms with Crippen molar-refractivity contribution in [2.45, 2.75) is 38.9 Å². The first-order valence-corrected chi connectivity index (χ1v) is 15.2. The van der Waals surface area contributed by atoms with Gasteiger partial charge in [0.2, 0.25) is 0 Å². The minimum atomic E-state index is -0.789. The second kappa shape index (κ2) is 18.6. The predicted molar refractivity (Wildman–Crippen MR) is 170 cm³/mol. The summed E-state index contributed by atoms with van der Waals surface area (Å²) >= 11 is 0. The van der Waals surface area contributed by atoms with Crippen molar-refractivity contribution in [1.82, 2.24) is 0 Å². The molecule has 232 valence electrons. The van der Waals surface area contributed by atoms with Gasteiger partial charge in [0.25, 0.3) is 0 Å². The van der Waals surface area contributed by atoms with Crippen molar-refractivity contribution in [3.8, 4) is 11.5 Å². The van der Waals surface area contributed by atoms with E-state index in [1.54, 1.807) is 24.3 Å². The summed E-state index contributed by atoms with van der Waals surface area (Å²) in [6, 6.07) is 34.8. The lowest BCUT2D eigenvalue weighted by Crippen LogP contribution is -2.14. The van der Waals surface area contributed by atoms with Crippen LogP contribution in [0.1, 0.15) is 48.3 Å². The van der Waals surface area contributed by atoms with Crippen LogP contribution in [0, 0.1) is 0 Å².